The standard InChI is InChI=1S/C16H17ClN2O4S/c1-11-14(17)4-3-5-15(11)19-24(21,22)13-8-6-12(7-9-13)23-10-16(20)18-2/h3-9,19H,10H2,1-2H3,(H,18,20). The third-order valence-electron chi connectivity index (χ3n) is 3.29. The Morgan fingerprint density at radius 3 is 2.46 bits per heavy atom. The Hall–Kier alpha value is -2.25. The fourth-order valence-electron chi connectivity index (χ4n) is 1.86. The van der Waals surface area contributed by atoms with Crippen LogP contribution in [0.3, 0.4) is 0 Å². The minimum atomic E-state index is -3.75. The minimum absolute atomic E-state index is 0.0779. The van der Waals surface area contributed by atoms with E-state index < -0.39 is 10.0 Å². The number of anilines is 1. The minimum Gasteiger partial charge on any atom is -0.484 e. The maximum atomic E-state index is 12.4. The summed E-state index contributed by atoms with van der Waals surface area (Å²) in [4.78, 5) is 11.2. The predicted molar refractivity (Wildman–Crippen MR) is 93.0 cm³/mol. The molecule has 2 aromatic carbocycles. The lowest BCUT2D eigenvalue weighted by molar-refractivity contribution is -0.122. The molecule has 128 valence electrons. The van der Waals surface area contributed by atoms with E-state index in [-0.39, 0.29) is 17.4 Å². The Morgan fingerprint density at radius 2 is 1.83 bits per heavy atom. The highest BCUT2D eigenvalue weighted by atomic mass is 35.5. The number of carbonyl (C=O) groups is 1. The highest BCUT2D eigenvalue weighted by molar-refractivity contribution is 7.92. The van der Waals surface area contributed by atoms with Gasteiger partial charge in [0.1, 0.15) is 5.75 Å². The van der Waals surface area contributed by atoms with E-state index in [1.807, 2.05) is 0 Å². The zero-order valence-electron chi connectivity index (χ0n) is 13.2. The average molecular weight is 369 g/mol. The smallest absolute Gasteiger partial charge is 0.261 e. The summed E-state index contributed by atoms with van der Waals surface area (Å²) in [6, 6.07) is 10.8. The third kappa shape index (κ3) is 4.39. The van der Waals surface area contributed by atoms with Gasteiger partial charge in [-0.3, -0.25) is 9.52 Å². The molecule has 0 atom stereocenters. The molecule has 2 rings (SSSR count). The summed E-state index contributed by atoms with van der Waals surface area (Å²) in [6.45, 7) is 1.60. The number of hydrogen-bond acceptors (Lipinski definition) is 4. The lowest BCUT2D eigenvalue weighted by Gasteiger charge is -2.12. The van der Waals surface area contributed by atoms with E-state index in [0.717, 1.165) is 0 Å². The number of halogens is 1. The molecule has 0 radical (unpaired) electrons. The molecule has 0 bridgehead atoms. The second-order valence-corrected chi connectivity index (χ2v) is 7.04. The van der Waals surface area contributed by atoms with Crippen molar-refractivity contribution >= 4 is 33.2 Å². The summed E-state index contributed by atoms with van der Waals surface area (Å²) < 4.78 is 32.6. The number of amides is 1. The van der Waals surface area contributed by atoms with Gasteiger partial charge in [0.05, 0.1) is 10.6 Å². The molecule has 0 aromatic heterocycles. The number of likely N-dealkylation sites (N-methyl/N-ethyl adjacent to an activating group) is 1. The number of hydrogen-bond donors (Lipinski definition) is 2. The van der Waals surface area contributed by atoms with Crippen molar-refractivity contribution in [2.75, 3.05) is 18.4 Å². The first-order valence-electron chi connectivity index (χ1n) is 7.05. The normalized spacial score (nSPS) is 11.0. The maximum absolute atomic E-state index is 12.4. The van der Waals surface area contributed by atoms with Gasteiger partial charge in [0, 0.05) is 12.1 Å². The van der Waals surface area contributed by atoms with Crippen LogP contribution < -0.4 is 14.8 Å². The molecule has 2 N–H and O–H groups in total. The highest BCUT2D eigenvalue weighted by Gasteiger charge is 2.16. The molecule has 0 unspecified atom stereocenters. The van der Waals surface area contributed by atoms with Crippen molar-refractivity contribution in [3.63, 3.8) is 0 Å². The summed E-state index contributed by atoms with van der Waals surface area (Å²) in [5.41, 5.74) is 1.07. The SMILES string of the molecule is CNC(=O)COc1ccc(S(=O)(=O)Nc2cccc(Cl)c2C)cc1. The zero-order valence-corrected chi connectivity index (χ0v) is 14.7. The van der Waals surface area contributed by atoms with E-state index in [1.165, 1.54) is 31.3 Å². The van der Waals surface area contributed by atoms with Gasteiger partial charge in [0.2, 0.25) is 0 Å². The molecular formula is C16H17ClN2O4S. The lowest BCUT2D eigenvalue weighted by atomic mass is 10.2. The van der Waals surface area contributed by atoms with Crippen LogP contribution in [0.15, 0.2) is 47.4 Å². The molecule has 0 aliphatic heterocycles. The van der Waals surface area contributed by atoms with Gasteiger partial charge in [-0.1, -0.05) is 17.7 Å². The van der Waals surface area contributed by atoms with Crippen molar-refractivity contribution < 1.29 is 17.9 Å². The predicted octanol–water partition coefficient (Wildman–Crippen LogP) is 2.57. The van der Waals surface area contributed by atoms with Crippen molar-refractivity contribution in [2.45, 2.75) is 11.8 Å². The van der Waals surface area contributed by atoms with Crippen molar-refractivity contribution in [1.29, 1.82) is 0 Å². The Kier molecular flexibility index (Phi) is 5.69. The monoisotopic (exact) mass is 368 g/mol. The first-order chi connectivity index (χ1) is 11.3. The second kappa shape index (κ2) is 7.55. The van der Waals surface area contributed by atoms with E-state index in [9.17, 15) is 13.2 Å². The molecule has 0 fully saturated rings. The largest absolute Gasteiger partial charge is 0.484 e. The van der Waals surface area contributed by atoms with E-state index in [1.54, 1.807) is 25.1 Å². The molecular weight excluding hydrogens is 352 g/mol. The van der Waals surface area contributed by atoms with Crippen LogP contribution in [-0.4, -0.2) is 28.0 Å². The van der Waals surface area contributed by atoms with E-state index in [2.05, 4.69) is 10.0 Å². The fraction of sp³-hybridized carbons (Fsp3) is 0.188. The summed E-state index contributed by atoms with van der Waals surface area (Å²) in [5, 5.41) is 2.91. The molecule has 0 spiro atoms. The van der Waals surface area contributed by atoms with Gasteiger partial charge in [0.15, 0.2) is 6.61 Å². The van der Waals surface area contributed by atoms with Crippen LogP contribution in [0, 0.1) is 6.92 Å². The highest BCUT2D eigenvalue weighted by Crippen LogP contribution is 2.26. The van der Waals surface area contributed by atoms with Gasteiger partial charge < -0.3 is 10.1 Å². The van der Waals surface area contributed by atoms with Crippen molar-refractivity contribution in [2.24, 2.45) is 0 Å². The van der Waals surface area contributed by atoms with Crippen LogP contribution >= 0.6 is 11.6 Å². The average Bonchev–Trinajstić information content (AvgIpc) is 2.57. The molecule has 0 aliphatic rings. The van der Waals surface area contributed by atoms with Gasteiger partial charge in [-0.2, -0.15) is 0 Å². The van der Waals surface area contributed by atoms with Crippen LogP contribution in [0.2, 0.25) is 5.02 Å². The number of nitrogens with one attached hydrogen (secondary N) is 2. The molecule has 0 aliphatic carbocycles. The molecule has 24 heavy (non-hydrogen) atoms. The van der Waals surface area contributed by atoms with Crippen molar-refractivity contribution in [1.82, 2.24) is 5.32 Å². The van der Waals surface area contributed by atoms with Gasteiger partial charge in [0.25, 0.3) is 15.9 Å². The first-order valence-corrected chi connectivity index (χ1v) is 8.91. The number of rotatable bonds is 6. The van der Waals surface area contributed by atoms with Gasteiger partial charge in [-0.15, -0.1) is 0 Å². The molecule has 2 aromatic rings. The summed E-state index contributed by atoms with van der Waals surface area (Å²) in [5.74, 6) is 0.126. The van der Waals surface area contributed by atoms with E-state index in [0.29, 0.717) is 22.0 Å². The van der Waals surface area contributed by atoms with Gasteiger partial charge >= 0.3 is 0 Å². The van der Waals surface area contributed by atoms with Crippen molar-refractivity contribution in [3.05, 3.63) is 53.1 Å². The second-order valence-electron chi connectivity index (χ2n) is 4.95. The number of ether oxygens (including phenoxy) is 1. The van der Waals surface area contributed by atoms with Gasteiger partial charge in [-0.25, -0.2) is 8.42 Å². The van der Waals surface area contributed by atoms with Crippen LogP contribution in [0.5, 0.6) is 5.75 Å². The van der Waals surface area contributed by atoms with Crippen LogP contribution in [0.4, 0.5) is 5.69 Å². The van der Waals surface area contributed by atoms with Crippen LogP contribution in [0.1, 0.15) is 5.56 Å². The van der Waals surface area contributed by atoms with Crippen LogP contribution in [-0.2, 0) is 14.8 Å². The summed E-state index contributed by atoms with van der Waals surface area (Å²) in [6.07, 6.45) is 0. The Bertz CT molecular complexity index is 836. The Morgan fingerprint density at radius 1 is 1.17 bits per heavy atom. The molecule has 6 nitrogen and oxygen atoms in total. The fourth-order valence-corrected chi connectivity index (χ4v) is 3.16. The lowest BCUT2D eigenvalue weighted by Crippen LogP contribution is -2.24. The molecule has 0 heterocycles. The number of sulfonamides is 1. The van der Waals surface area contributed by atoms with Crippen molar-refractivity contribution in [3.8, 4) is 5.75 Å². The maximum Gasteiger partial charge on any atom is 0.261 e. The number of carbonyl (C=O) groups excluding carboxylic acids is 1. The molecule has 1 amide bonds. The van der Waals surface area contributed by atoms with Gasteiger partial charge in [-0.05, 0) is 48.9 Å². The molecule has 0 saturated carbocycles. The van der Waals surface area contributed by atoms with Crippen LogP contribution in [0.25, 0.3) is 0 Å². The zero-order chi connectivity index (χ0) is 17.7. The molecule has 0 saturated heterocycles. The number of benzene rings is 2. The van der Waals surface area contributed by atoms with E-state index >= 15 is 0 Å². The topological polar surface area (TPSA) is 84.5 Å². The first kappa shape index (κ1) is 18.1. The molecule has 8 heteroatoms. The summed E-state index contributed by atoms with van der Waals surface area (Å²) >= 11 is 6.00. The quantitative estimate of drug-likeness (QED) is 0.820. The Labute approximate surface area is 145 Å². The Balaban J connectivity index is 2.15. The third-order valence-corrected chi connectivity index (χ3v) is 5.09. The summed E-state index contributed by atoms with van der Waals surface area (Å²) in [7, 11) is -2.24. The van der Waals surface area contributed by atoms with E-state index in [4.69, 9.17) is 16.3 Å².